The highest BCUT2D eigenvalue weighted by Crippen LogP contribution is 2.19. The maximum Gasteiger partial charge on any atom is 0.338 e. The van der Waals surface area contributed by atoms with E-state index in [1.165, 1.54) is 32.0 Å². The van der Waals surface area contributed by atoms with E-state index in [1.807, 2.05) is 19.1 Å². The Kier molecular flexibility index (Phi) is 6.06. The molecule has 1 N–H and O–H groups in total. The van der Waals surface area contributed by atoms with Gasteiger partial charge in [-0.3, -0.25) is 14.9 Å². The van der Waals surface area contributed by atoms with Crippen LogP contribution in [0.2, 0.25) is 0 Å². The average Bonchev–Trinajstić information content (AvgIpc) is 2.61. The number of benzene rings is 2. The number of nitro groups is 1. The molecule has 1 amide bonds. The molecule has 136 valence electrons. The predicted octanol–water partition coefficient (Wildman–Crippen LogP) is 3.65. The molecule has 0 radical (unpaired) electrons. The number of carbonyl (C=O) groups excluding carboxylic acids is 2. The second-order valence-corrected chi connectivity index (χ2v) is 5.85. The molecule has 26 heavy (non-hydrogen) atoms. The molecule has 0 aromatic heterocycles. The van der Waals surface area contributed by atoms with Gasteiger partial charge in [0.1, 0.15) is 0 Å². The van der Waals surface area contributed by atoms with Crippen LogP contribution in [0.1, 0.15) is 35.3 Å². The highest BCUT2D eigenvalue weighted by Gasteiger charge is 2.20. The number of hydrogen-bond donors (Lipinski definition) is 1. The third-order valence-electron chi connectivity index (χ3n) is 3.91. The van der Waals surface area contributed by atoms with Crippen LogP contribution in [-0.2, 0) is 16.0 Å². The van der Waals surface area contributed by atoms with Gasteiger partial charge in [-0.05, 0) is 50.1 Å². The Hall–Kier alpha value is -3.22. The van der Waals surface area contributed by atoms with E-state index in [0.717, 1.165) is 12.0 Å². The molecular weight excluding hydrogens is 336 g/mol. The number of ether oxygens (including phenoxy) is 1. The zero-order valence-corrected chi connectivity index (χ0v) is 14.8. The number of nitro benzene ring substituents is 1. The van der Waals surface area contributed by atoms with Gasteiger partial charge in [0.2, 0.25) is 0 Å². The van der Waals surface area contributed by atoms with Crippen molar-refractivity contribution in [3.05, 3.63) is 69.3 Å². The van der Waals surface area contributed by atoms with Crippen molar-refractivity contribution in [2.75, 3.05) is 5.32 Å². The van der Waals surface area contributed by atoms with Crippen molar-refractivity contribution in [1.82, 2.24) is 0 Å². The number of amides is 1. The summed E-state index contributed by atoms with van der Waals surface area (Å²) in [5, 5.41) is 13.5. The lowest BCUT2D eigenvalue weighted by molar-refractivity contribution is -0.385. The minimum Gasteiger partial charge on any atom is -0.449 e. The molecule has 0 aliphatic rings. The molecule has 0 fully saturated rings. The summed E-state index contributed by atoms with van der Waals surface area (Å²) in [4.78, 5) is 34.6. The number of hydrogen-bond acceptors (Lipinski definition) is 5. The van der Waals surface area contributed by atoms with Crippen LogP contribution in [-0.4, -0.2) is 22.9 Å². The summed E-state index contributed by atoms with van der Waals surface area (Å²) in [6, 6.07) is 11.3. The summed E-state index contributed by atoms with van der Waals surface area (Å²) in [5.41, 5.74) is 2.18. The molecule has 0 heterocycles. The van der Waals surface area contributed by atoms with E-state index in [9.17, 15) is 19.7 Å². The second-order valence-electron chi connectivity index (χ2n) is 5.85. The number of nitrogens with one attached hydrogen (secondary N) is 1. The quantitative estimate of drug-likeness (QED) is 0.484. The van der Waals surface area contributed by atoms with Crippen LogP contribution in [0.4, 0.5) is 11.4 Å². The number of anilines is 1. The van der Waals surface area contributed by atoms with Crippen LogP contribution in [0.25, 0.3) is 0 Å². The molecule has 1 atom stereocenters. The van der Waals surface area contributed by atoms with E-state index < -0.39 is 22.9 Å². The van der Waals surface area contributed by atoms with E-state index in [0.29, 0.717) is 11.3 Å². The zero-order chi connectivity index (χ0) is 19.3. The maximum atomic E-state index is 12.2. The van der Waals surface area contributed by atoms with Gasteiger partial charge >= 0.3 is 5.97 Å². The summed E-state index contributed by atoms with van der Waals surface area (Å²) in [7, 11) is 0. The van der Waals surface area contributed by atoms with E-state index in [-0.39, 0.29) is 11.3 Å². The Morgan fingerprint density at radius 2 is 1.85 bits per heavy atom. The second kappa shape index (κ2) is 8.24. The van der Waals surface area contributed by atoms with Crippen molar-refractivity contribution >= 4 is 23.3 Å². The average molecular weight is 356 g/mol. The fourth-order valence-corrected chi connectivity index (χ4v) is 2.34. The minimum absolute atomic E-state index is 0.0807. The van der Waals surface area contributed by atoms with Crippen LogP contribution in [0.5, 0.6) is 0 Å². The first-order chi connectivity index (χ1) is 12.3. The van der Waals surface area contributed by atoms with Crippen LogP contribution < -0.4 is 5.32 Å². The van der Waals surface area contributed by atoms with Crippen molar-refractivity contribution in [2.45, 2.75) is 33.3 Å². The van der Waals surface area contributed by atoms with Crippen LogP contribution in [0, 0.1) is 17.0 Å². The van der Waals surface area contributed by atoms with Gasteiger partial charge in [-0.25, -0.2) is 4.79 Å². The Morgan fingerprint density at radius 1 is 1.19 bits per heavy atom. The molecular formula is C19H20N2O5. The van der Waals surface area contributed by atoms with E-state index in [1.54, 1.807) is 12.1 Å². The summed E-state index contributed by atoms with van der Waals surface area (Å²) in [5.74, 6) is -1.17. The summed E-state index contributed by atoms with van der Waals surface area (Å²) < 4.78 is 5.15. The number of carbonyl (C=O) groups is 2. The zero-order valence-electron chi connectivity index (χ0n) is 14.8. The minimum atomic E-state index is -1.01. The molecule has 0 spiro atoms. The highest BCUT2D eigenvalue weighted by molar-refractivity contribution is 5.97. The molecule has 0 saturated heterocycles. The van der Waals surface area contributed by atoms with E-state index in [2.05, 4.69) is 5.32 Å². The summed E-state index contributed by atoms with van der Waals surface area (Å²) >= 11 is 0. The molecule has 2 aromatic carbocycles. The third-order valence-corrected chi connectivity index (χ3v) is 3.91. The molecule has 2 rings (SSSR count). The molecule has 1 unspecified atom stereocenters. The SMILES string of the molecule is CCc1ccc(NC(=O)C(C)OC(=O)c2ccc([N+](=O)[O-])c(C)c2)cc1. The first-order valence-corrected chi connectivity index (χ1v) is 8.17. The Bertz CT molecular complexity index is 830. The van der Waals surface area contributed by atoms with Gasteiger partial charge in [-0.15, -0.1) is 0 Å². The molecule has 0 aliphatic carbocycles. The summed E-state index contributed by atoms with van der Waals surface area (Å²) in [6.45, 7) is 5.03. The van der Waals surface area contributed by atoms with Gasteiger partial charge in [-0.1, -0.05) is 19.1 Å². The van der Waals surface area contributed by atoms with Gasteiger partial charge < -0.3 is 10.1 Å². The first-order valence-electron chi connectivity index (χ1n) is 8.17. The smallest absolute Gasteiger partial charge is 0.338 e. The molecule has 7 nitrogen and oxygen atoms in total. The van der Waals surface area contributed by atoms with Gasteiger partial charge in [0, 0.05) is 17.3 Å². The Balaban J connectivity index is 2.00. The van der Waals surface area contributed by atoms with Crippen LogP contribution in [0.3, 0.4) is 0 Å². The van der Waals surface area contributed by atoms with Crippen molar-refractivity contribution < 1.29 is 19.2 Å². The molecule has 0 bridgehead atoms. The van der Waals surface area contributed by atoms with Crippen molar-refractivity contribution in [3.63, 3.8) is 0 Å². The van der Waals surface area contributed by atoms with Gasteiger partial charge in [0.25, 0.3) is 11.6 Å². The number of rotatable bonds is 6. The Morgan fingerprint density at radius 3 is 2.38 bits per heavy atom. The lowest BCUT2D eigenvalue weighted by Crippen LogP contribution is -2.30. The van der Waals surface area contributed by atoms with Gasteiger partial charge in [-0.2, -0.15) is 0 Å². The van der Waals surface area contributed by atoms with Crippen LogP contribution >= 0.6 is 0 Å². The molecule has 2 aromatic rings. The molecule has 0 aliphatic heterocycles. The standard InChI is InChI=1S/C19H20N2O5/c1-4-14-5-8-16(9-6-14)20-18(22)13(3)26-19(23)15-7-10-17(21(24)25)12(2)11-15/h5-11,13H,4H2,1-3H3,(H,20,22). The van der Waals surface area contributed by atoms with Gasteiger partial charge in [0.15, 0.2) is 6.10 Å². The van der Waals surface area contributed by atoms with Crippen LogP contribution in [0.15, 0.2) is 42.5 Å². The van der Waals surface area contributed by atoms with Crippen molar-refractivity contribution in [1.29, 1.82) is 0 Å². The maximum absolute atomic E-state index is 12.2. The Labute approximate surface area is 151 Å². The fourth-order valence-electron chi connectivity index (χ4n) is 2.34. The number of nitrogens with zero attached hydrogens (tertiary/aromatic N) is 1. The topological polar surface area (TPSA) is 98.5 Å². The predicted molar refractivity (Wildman–Crippen MR) is 97.2 cm³/mol. The van der Waals surface area contributed by atoms with E-state index >= 15 is 0 Å². The normalized spacial score (nSPS) is 11.5. The molecule has 7 heteroatoms. The van der Waals surface area contributed by atoms with Crippen molar-refractivity contribution in [2.24, 2.45) is 0 Å². The largest absolute Gasteiger partial charge is 0.449 e. The lowest BCUT2D eigenvalue weighted by Gasteiger charge is -2.14. The highest BCUT2D eigenvalue weighted by atomic mass is 16.6. The third kappa shape index (κ3) is 4.66. The van der Waals surface area contributed by atoms with E-state index in [4.69, 9.17) is 4.74 Å². The number of aryl methyl sites for hydroxylation is 2. The van der Waals surface area contributed by atoms with Gasteiger partial charge in [0.05, 0.1) is 10.5 Å². The lowest BCUT2D eigenvalue weighted by atomic mass is 10.1. The summed E-state index contributed by atoms with van der Waals surface area (Å²) in [6.07, 6.45) is -0.111. The first kappa shape index (κ1) is 19.1. The monoisotopic (exact) mass is 356 g/mol. The molecule has 0 saturated carbocycles. The number of esters is 1. The van der Waals surface area contributed by atoms with Crippen molar-refractivity contribution in [3.8, 4) is 0 Å². The fraction of sp³-hybridized carbons (Fsp3) is 0.263.